The van der Waals surface area contributed by atoms with Crippen LogP contribution in [-0.4, -0.2) is 16.6 Å². The number of aryl methyl sites for hydroxylation is 2. The molecule has 2 aromatic rings. The summed E-state index contributed by atoms with van der Waals surface area (Å²) >= 11 is 1.77. The number of nitrogens with one attached hydrogen (secondary N) is 1. The lowest BCUT2D eigenvalue weighted by atomic mass is 9.91. The standard InChI is InChI=1S/C15H21N3S/c1-3-15-17-12(10-19-15)8-18-7-11-5-4-6-14(16-2)13(11)9-18/h7,9-10,14,16H,3-6,8H2,1-2H3. The first-order valence-corrected chi connectivity index (χ1v) is 7.97. The zero-order valence-electron chi connectivity index (χ0n) is 11.6. The van der Waals surface area contributed by atoms with Crippen molar-refractivity contribution in [3.63, 3.8) is 0 Å². The van der Waals surface area contributed by atoms with Gasteiger partial charge in [0.05, 0.1) is 17.2 Å². The second-order valence-corrected chi connectivity index (χ2v) is 6.17. The molecule has 0 amide bonds. The van der Waals surface area contributed by atoms with E-state index in [1.807, 2.05) is 0 Å². The Morgan fingerprint density at radius 1 is 1.47 bits per heavy atom. The molecule has 4 heteroatoms. The number of hydrogen-bond donors (Lipinski definition) is 1. The molecule has 0 radical (unpaired) electrons. The van der Waals surface area contributed by atoms with E-state index >= 15 is 0 Å². The molecule has 1 N–H and O–H groups in total. The highest BCUT2D eigenvalue weighted by atomic mass is 32.1. The minimum absolute atomic E-state index is 0.534. The summed E-state index contributed by atoms with van der Waals surface area (Å²) in [6.45, 7) is 3.06. The Kier molecular flexibility index (Phi) is 3.71. The van der Waals surface area contributed by atoms with Gasteiger partial charge in [-0.15, -0.1) is 11.3 Å². The summed E-state index contributed by atoms with van der Waals surface area (Å²) in [6.07, 6.45) is 9.42. The second-order valence-electron chi connectivity index (χ2n) is 5.23. The first-order chi connectivity index (χ1) is 9.30. The molecule has 1 aliphatic carbocycles. The first-order valence-electron chi connectivity index (χ1n) is 7.09. The average Bonchev–Trinajstić information content (AvgIpc) is 3.04. The van der Waals surface area contributed by atoms with Crippen molar-refractivity contribution in [2.24, 2.45) is 0 Å². The zero-order chi connectivity index (χ0) is 13.2. The molecular formula is C15H21N3S. The number of hydrogen-bond acceptors (Lipinski definition) is 3. The summed E-state index contributed by atoms with van der Waals surface area (Å²) in [6, 6.07) is 0.534. The predicted molar refractivity (Wildman–Crippen MR) is 79.8 cm³/mol. The maximum Gasteiger partial charge on any atom is 0.0926 e. The monoisotopic (exact) mass is 275 g/mol. The van der Waals surface area contributed by atoms with Gasteiger partial charge in [0.2, 0.25) is 0 Å². The van der Waals surface area contributed by atoms with Gasteiger partial charge in [-0.3, -0.25) is 0 Å². The number of nitrogens with zero attached hydrogens (tertiary/aromatic N) is 2. The van der Waals surface area contributed by atoms with Gasteiger partial charge in [-0.1, -0.05) is 6.92 Å². The van der Waals surface area contributed by atoms with E-state index in [1.165, 1.54) is 41.1 Å². The topological polar surface area (TPSA) is 29.9 Å². The van der Waals surface area contributed by atoms with Crippen LogP contribution in [0.2, 0.25) is 0 Å². The molecule has 0 fully saturated rings. The molecule has 3 rings (SSSR count). The van der Waals surface area contributed by atoms with Gasteiger partial charge in [0, 0.05) is 23.8 Å². The van der Waals surface area contributed by atoms with E-state index in [2.05, 4.69) is 46.6 Å². The highest BCUT2D eigenvalue weighted by Gasteiger charge is 2.20. The van der Waals surface area contributed by atoms with E-state index in [0.717, 1.165) is 13.0 Å². The third-order valence-corrected chi connectivity index (χ3v) is 4.95. The van der Waals surface area contributed by atoms with Crippen LogP contribution in [0.1, 0.15) is 47.6 Å². The maximum absolute atomic E-state index is 4.65. The lowest BCUT2D eigenvalue weighted by Crippen LogP contribution is -2.20. The van der Waals surface area contributed by atoms with E-state index in [-0.39, 0.29) is 0 Å². The third-order valence-electron chi connectivity index (χ3n) is 3.91. The minimum atomic E-state index is 0.534. The van der Waals surface area contributed by atoms with Crippen molar-refractivity contribution in [1.29, 1.82) is 0 Å². The van der Waals surface area contributed by atoms with Crippen molar-refractivity contribution in [3.05, 3.63) is 39.6 Å². The molecule has 19 heavy (non-hydrogen) atoms. The maximum atomic E-state index is 4.65. The fourth-order valence-electron chi connectivity index (χ4n) is 2.91. The molecule has 2 aromatic heterocycles. The lowest BCUT2D eigenvalue weighted by molar-refractivity contribution is 0.498. The van der Waals surface area contributed by atoms with E-state index in [0.29, 0.717) is 6.04 Å². The highest BCUT2D eigenvalue weighted by molar-refractivity contribution is 7.09. The minimum Gasteiger partial charge on any atom is -0.348 e. The molecule has 0 bridgehead atoms. The van der Waals surface area contributed by atoms with E-state index in [4.69, 9.17) is 0 Å². The average molecular weight is 275 g/mol. The predicted octanol–water partition coefficient (Wildman–Crippen LogP) is 3.15. The molecule has 3 nitrogen and oxygen atoms in total. The number of thiazole rings is 1. The van der Waals surface area contributed by atoms with Gasteiger partial charge in [-0.2, -0.15) is 0 Å². The fourth-order valence-corrected chi connectivity index (χ4v) is 3.65. The Balaban J connectivity index is 1.80. The van der Waals surface area contributed by atoms with E-state index in [9.17, 15) is 0 Å². The smallest absolute Gasteiger partial charge is 0.0926 e. The van der Waals surface area contributed by atoms with Crippen molar-refractivity contribution in [3.8, 4) is 0 Å². The van der Waals surface area contributed by atoms with Crippen LogP contribution in [-0.2, 0) is 19.4 Å². The molecule has 102 valence electrons. The van der Waals surface area contributed by atoms with E-state index in [1.54, 1.807) is 11.3 Å². The summed E-state index contributed by atoms with van der Waals surface area (Å²) in [4.78, 5) is 4.65. The molecule has 0 saturated carbocycles. The molecule has 0 saturated heterocycles. The van der Waals surface area contributed by atoms with Gasteiger partial charge in [0.1, 0.15) is 0 Å². The van der Waals surface area contributed by atoms with Crippen molar-refractivity contribution in [1.82, 2.24) is 14.9 Å². The van der Waals surface area contributed by atoms with E-state index < -0.39 is 0 Å². The van der Waals surface area contributed by atoms with Crippen LogP contribution in [0.5, 0.6) is 0 Å². The lowest BCUT2D eigenvalue weighted by Gasteiger charge is -2.21. The van der Waals surface area contributed by atoms with Crippen molar-refractivity contribution < 1.29 is 0 Å². The molecule has 1 atom stereocenters. The Morgan fingerprint density at radius 3 is 3.11 bits per heavy atom. The molecular weight excluding hydrogens is 254 g/mol. The molecule has 1 aliphatic rings. The Morgan fingerprint density at radius 2 is 2.37 bits per heavy atom. The third kappa shape index (κ3) is 2.60. The van der Waals surface area contributed by atoms with Crippen molar-refractivity contribution >= 4 is 11.3 Å². The Labute approximate surface area is 118 Å². The molecule has 0 spiro atoms. The van der Waals surface area contributed by atoms with Gasteiger partial charge < -0.3 is 9.88 Å². The van der Waals surface area contributed by atoms with Crippen molar-refractivity contribution in [2.45, 2.75) is 45.2 Å². The normalized spacial score (nSPS) is 18.5. The Bertz CT molecular complexity index is 555. The van der Waals surface area contributed by atoms with Gasteiger partial charge in [-0.05, 0) is 43.9 Å². The zero-order valence-corrected chi connectivity index (χ0v) is 12.5. The van der Waals surface area contributed by atoms with Crippen LogP contribution in [0.15, 0.2) is 17.8 Å². The summed E-state index contributed by atoms with van der Waals surface area (Å²) in [5.41, 5.74) is 4.19. The van der Waals surface area contributed by atoms with Gasteiger partial charge in [-0.25, -0.2) is 4.98 Å². The summed E-state index contributed by atoms with van der Waals surface area (Å²) in [5.74, 6) is 0. The van der Waals surface area contributed by atoms with Crippen LogP contribution in [0.3, 0.4) is 0 Å². The van der Waals surface area contributed by atoms with Crippen LogP contribution in [0.4, 0.5) is 0 Å². The molecule has 0 aromatic carbocycles. The number of aromatic nitrogens is 2. The quantitative estimate of drug-likeness (QED) is 0.929. The molecule has 0 aliphatic heterocycles. The van der Waals surface area contributed by atoms with Gasteiger partial charge >= 0.3 is 0 Å². The van der Waals surface area contributed by atoms with Crippen molar-refractivity contribution in [2.75, 3.05) is 7.05 Å². The van der Waals surface area contributed by atoms with Gasteiger partial charge in [0.15, 0.2) is 0 Å². The van der Waals surface area contributed by atoms with Crippen LogP contribution in [0.25, 0.3) is 0 Å². The highest BCUT2D eigenvalue weighted by Crippen LogP contribution is 2.30. The second kappa shape index (κ2) is 5.47. The van der Waals surface area contributed by atoms with Gasteiger partial charge in [0.25, 0.3) is 0 Å². The SMILES string of the molecule is CCc1nc(Cn2cc3c(c2)C(NC)CCC3)cs1. The van der Waals surface area contributed by atoms with Crippen LogP contribution >= 0.6 is 11.3 Å². The first kappa shape index (κ1) is 12.9. The molecule has 1 unspecified atom stereocenters. The fraction of sp³-hybridized carbons (Fsp3) is 0.533. The summed E-state index contributed by atoms with van der Waals surface area (Å²) < 4.78 is 2.30. The Hall–Kier alpha value is -1.13. The largest absolute Gasteiger partial charge is 0.348 e. The summed E-state index contributed by atoms with van der Waals surface area (Å²) in [5, 5.41) is 6.85. The number of fused-ring (bicyclic) bond motifs is 1. The summed E-state index contributed by atoms with van der Waals surface area (Å²) in [7, 11) is 2.06. The number of rotatable bonds is 4. The van der Waals surface area contributed by atoms with Crippen LogP contribution in [0, 0.1) is 0 Å². The molecule has 2 heterocycles. The van der Waals surface area contributed by atoms with Crippen LogP contribution < -0.4 is 5.32 Å².